The molecule has 0 aliphatic heterocycles. The van der Waals surface area contributed by atoms with E-state index >= 15 is 0 Å². The second-order valence-corrected chi connectivity index (χ2v) is 9.64. The lowest BCUT2D eigenvalue weighted by Gasteiger charge is -2.14. The molecule has 0 unspecified atom stereocenters. The highest BCUT2D eigenvalue weighted by Gasteiger charge is 2.15. The Balaban J connectivity index is 1.46. The Morgan fingerprint density at radius 3 is 2.38 bits per heavy atom. The molecule has 2 N–H and O–H groups in total. The van der Waals surface area contributed by atoms with Crippen molar-refractivity contribution in [3.63, 3.8) is 0 Å². The minimum Gasteiger partial charge on any atom is -0.340 e. The standard InChI is InChI=1S/C32H22ClFN4O/c1-19-9-11-21(12-10-19)32(39)36-22-14-16-29-26(17-22)31(35-23-13-15-28(34)27(33)18-23)38-30(37-29)25-8-4-6-20-5-2-3-7-24(20)25/h2-18H,1H3,(H,36,39)(H,35,37,38). The number of nitrogens with one attached hydrogen (secondary N) is 2. The van der Waals surface area contributed by atoms with Gasteiger partial charge in [0.1, 0.15) is 11.6 Å². The number of nitrogens with zero attached hydrogens (tertiary/aromatic N) is 2. The van der Waals surface area contributed by atoms with Gasteiger partial charge in [-0.05, 0) is 66.2 Å². The van der Waals surface area contributed by atoms with E-state index in [-0.39, 0.29) is 10.9 Å². The van der Waals surface area contributed by atoms with Crippen molar-refractivity contribution < 1.29 is 9.18 Å². The molecule has 6 rings (SSSR count). The molecular formula is C32H22ClFN4O. The number of aryl methyl sites for hydroxylation is 1. The second kappa shape index (κ2) is 10.2. The summed E-state index contributed by atoms with van der Waals surface area (Å²) in [6, 6.07) is 31.3. The predicted octanol–water partition coefficient (Wildman–Crippen LogP) is 8.55. The van der Waals surface area contributed by atoms with E-state index in [4.69, 9.17) is 21.6 Å². The number of halogens is 2. The highest BCUT2D eigenvalue weighted by Crippen LogP contribution is 2.33. The molecule has 0 bridgehead atoms. The van der Waals surface area contributed by atoms with E-state index in [1.807, 2.05) is 79.7 Å². The van der Waals surface area contributed by atoms with Gasteiger partial charge >= 0.3 is 0 Å². The maximum absolute atomic E-state index is 13.8. The zero-order valence-corrected chi connectivity index (χ0v) is 21.6. The normalized spacial score (nSPS) is 11.1. The molecule has 6 aromatic rings. The molecule has 1 amide bonds. The molecule has 0 aliphatic carbocycles. The van der Waals surface area contributed by atoms with Crippen LogP contribution in [0.2, 0.25) is 5.02 Å². The summed E-state index contributed by atoms with van der Waals surface area (Å²) in [4.78, 5) is 22.6. The van der Waals surface area contributed by atoms with Crippen LogP contribution in [0.5, 0.6) is 0 Å². The van der Waals surface area contributed by atoms with Gasteiger partial charge in [-0.25, -0.2) is 14.4 Å². The molecule has 0 atom stereocenters. The van der Waals surface area contributed by atoms with Gasteiger partial charge in [-0.3, -0.25) is 4.79 Å². The molecule has 39 heavy (non-hydrogen) atoms. The zero-order chi connectivity index (χ0) is 26.9. The van der Waals surface area contributed by atoms with Crippen LogP contribution in [0, 0.1) is 12.7 Å². The lowest BCUT2D eigenvalue weighted by Crippen LogP contribution is -2.11. The van der Waals surface area contributed by atoms with E-state index in [0.717, 1.165) is 21.9 Å². The molecule has 0 fully saturated rings. The van der Waals surface area contributed by atoms with Crippen molar-refractivity contribution in [1.82, 2.24) is 9.97 Å². The fourth-order valence-corrected chi connectivity index (χ4v) is 4.64. The van der Waals surface area contributed by atoms with E-state index in [1.165, 1.54) is 12.1 Å². The number of carbonyl (C=O) groups is 1. The van der Waals surface area contributed by atoms with Gasteiger partial charge < -0.3 is 10.6 Å². The largest absolute Gasteiger partial charge is 0.340 e. The van der Waals surface area contributed by atoms with Gasteiger partial charge in [0.25, 0.3) is 5.91 Å². The predicted molar refractivity (Wildman–Crippen MR) is 156 cm³/mol. The van der Waals surface area contributed by atoms with Crippen molar-refractivity contribution in [2.24, 2.45) is 0 Å². The van der Waals surface area contributed by atoms with Gasteiger partial charge in [0.2, 0.25) is 0 Å². The lowest BCUT2D eigenvalue weighted by atomic mass is 10.0. The van der Waals surface area contributed by atoms with E-state index in [2.05, 4.69) is 10.6 Å². The molecule has 190 valence electrons. The third-order valence-electron chi connectivity index (χ3n) is 6.48. The van der Waals surface area contributed by atoms with E-state index < -0.39 is 5.82 Å². The fourth-order valence-electron chi connectivity index (χ4n) is 4.46. The summed E-state index contributed by atoms with van der Waals surface area (Å²) in [5.74, 6) is 0.304. The molecule has 5 aromatic carbocycles. The van der Waals surface area contributed by atoms with Crippen LogP contribution in [-0.2, 0) is 0 Å². The summed E-state index contributed by atoms with van der Waals surface area (Å²) in [7, 11) is 0. The number of anilines is 3. The van der Waals surface area contributed by atoms with Crippen molar-refractivity contribution in [2.45, 2.75) is 6.92 Å². The Labute approximate surface area is 229 Å². The summed E-state index contributed by atoms with van der Waals surface area (Å²) in [5.41, 5.74) is 4.36. The fraction of sp³-hybridized carbons (Fsp3) is 0.0312. The van der Waals surface area contributed by atoms with Crippen LogP contribution in [0.3, 0.4) is 0 Å². The number of benzene rings is 5. The molecule has 0 radical (unpaired) electrons. The van der Waals surface area contributed by atoms with E-state index in [1.54, 1.807) is 18.2 Å². The van der Waals surface area contributed by atoms with Crippen LogP contribution in [0.25, 0.3) is 33.1 Å². The van der Waals surface area contributed by atoms with Crippen LogP contribution >= 0.6 is 11.6 Å². The zero-order valence-electron chi connectivity index (χ0n) is 20.9. The Morgan fingerprint density at radius 2 is 1.56 bits per heavy atom. The third kappa shape index (κ3) is 5.02. The minimum atomic E-state index is -0.507. The van der Waals surface area contributed by atoms with Crippen LogP contribution in [0.15, 0.2) is 103 Å². The lowest BCUT2D eigenvalue weighted by molar-refractivity contribution is 0.102. The minimum absolute atomic E-state index is 0.00121. The van der Waals surface area contributed by atoms with Crippen molar-refractivity contribution in [3.8, 4) is 11.4 Å². The molecule has 7 heteroatoms. The van der Waals surface area contributed by atoms with Crippen molar-refractivity contribution in [3.05, 3.63) is 125 Å². The number of fused-ring (bicyclic) bond motifs is 2. The first kappa shape index (κ1) is 24.5. The molecular weight excluding hydrogens is 511 g/mol. The SMILES string of the molecule is Cc1ccc(C(=O)Nc2ccc3nc(-c4cccc5ccccc45)nc(Nc4ccc(F)c(Cl)c4)c3c2)cc1. The average Bonchev–Trinajstić information content (AvgIpc) is 2.95. The average molecular weight is 533 g/mol. The summed E-state index contributed by atoms with van der Waals surface area (Å²) >= 11 is 6.05. The van der Waals surface area contributed by atoms with Gasteiger partial charge in [-0.2, -0.15) is 0 Å². The Kier molecular flexibility index (Phi) is 6.39. The van der Waals surface area contributed by atoms with Crippen LogP contribution in [0.4, 0.5) is 21.6 Å². The van der Waals surface area contributed by atoms with Gasteiger partial charge in [0.05, 0.1) is 10.5 Å². The number of aromatic nitrogens is 2. The highest BCUT2D eigenvalue weighted by molar-refractivity contribution is 6.31. The van der Waals surface area contributed by atoms with Crippen molar-refractivity contribution >= 4 is 56.4 Å². The Morgan fingerprint density at radius 1 is 0.795 bits per heavy atom. The summed E-state index contributed by atoms with van der Waals surface area (Å²) in [6.07, 6.45) is 0. The molecule has 0 saturated carbocycles. The number of hydrogen-bond acceptors (Lipinski definition) is 4. The molecule has 1 heterocycles. The van der Waals surface area contributed by atoms with Crippen LogP contribution < -0.4 is 10.6 Å². The first-order chi connectivity index (χ1) is 18.9. The molecule has 5 nitrogen and oxygen atoms in total. The van der Waals surface area contributed by atoms with Crippen molar-refractivity contribution in [2.75, 3.05) is 10.6 Å². The summed E-state index contributed by atoms with van der Waals surface area (Å²) in [5, 5.41) is 9.01. The topological polar surface area (TPSA) is 66.9 Å². The number of hydrogen-bond donors (Lipinski definition) is 2. The smallest absolute Gasteiger partial charge is 0.255 e. The first-order valence-electron chi connectivity index (χ1n) is 12.3. The molecule has 1 aromatic heterocycles. The van der Waals surface area contributed by atoms with Gasteiger partial charge in [0, 0.05) is 27.9 Å². The molecule has 0 spiro atoms. The third-order valence-corrected chi connectivity index (χ3v) is 6.77. The van der Waals surface area contributed by atoms with Gasteiger partial charge in [-0.1, -0.05) is 71.8 Å². The van der Waals surface area contributed by atoms with E-state index in [9.17, 15) is 9.18 Å². The maximum atomic E-state index is 13.8. The van der Waals surface area contributed by atoms with Crippen molar-refractivity contribution in [1.29, 1.82) is 0 Å². The second-order valence-electron chi connectivity index (χ2n) is 9.23. The Hall–Kier alpha value is -4.81. The first-order valence-corrected chi connectivity index (χ1v) is 12.7. The monoisotopic (exact) mass is 532 g/mol. The van der Waals surface area contributed by atoms with Gasteiger partial charge in [0.15, 0.2) is 5.82 Å². The summed E-state index contributed by atoms with van der Waals surface area (Å²) < 4.78 is 13.8. The molecule has 0 aliphatic rings. The van der Waals surface area contributed by atoms with Crippen LogP contribution in [-0.4, -0.2) is 15.9 Å². The van der Waals surface area contributed by atoms with Gasteiger partial charge in [-0.15, -0.1) is 0 Å². The number of carbonyl (C=O) groups excluding carboxylic acids is 1. The quantitative estimate of drug-likeness (QED) is 0.233. The molecule has 0 saturated heterocycles. The number of rotatable bonds is 5. The number of amides is 1. The maximum Gasteiger partial charge on any atom is 0.255 e. The van der Waals surface area contributed by atoms with Crippen LogP contribution in [0.1, 0.15) is 15.9 Å². The Bertz CT molecular complexity index is 1870. The summed E-state index contributed by atoms with van der Waals surface area (Å²) in [6.45, 7) is 1.97. The highest BCUT2D eigenvalue weighted by atomic mass is 35.5. The van der Waals surface area contributed by atoms with E-state index in [0.29, 0.717) is 39.5 Å².